The molecule has 124 valence electrons. The molecule has 1 aromatic heterocycles. The highest BCUT2D eigenvalue weighted by atomic mass is 19.1. The second kappa shape index (κ2) is 6.97. The first kappa shape index (κ1) is 16.4. The molecule has 0 saturated heterocycles. The number of benzene rings is 2. The van der Waals surface area contributed by atoms with E-state index in [1.165, 1.54) is 12.1 Å². The highest BCUT2D eigenvalue weighted by Crippen LogP contribution is 2.22. The molecule has 3 rings (SSSR count). The minimum atomic E-state index is -0.717. The molecule has 0 aliphatic rings. The topological polar surface area (TPSA) is 76.1 Å². The average molecular weight is 336 g/mol. The minimum Gasteiger partial charge on any atom is -0.456 e. The average Bonchev–Trinajstić information content (AvgIpc) is 3.03. The van der Waals surface area contributed by atoms with Crippen molar-refractivity contribution in [2.24, 2.45) is 0 Å². The van der Waals surface area contributed by atoms with Crippen LogP contribution in [0.25, 0.3) is 11.5 Å². The summed E-state index contributed by atoms with van der Waals surface area (Å²) in [6.07, 6.45) is 0. The maximum Gasteiger partial charge on any atom is 0.360 e. The second-order valence-electron chi connectivity index (χ2n) is 5.28. The Morgan fingerprint density at radius 1 is 1.28 bits per heavy atom. The fourth-order valence-corrected chi connectivity index (χ4v) is 2.26. The van der Waals surface area contributed by atoms with Crippen LogP contribution in [0.15, 0.2) is 52.9 Å². The van der Waals surface area contributed by atoms with E-state index >= 15 is 0 Å². The number of hydrogen-bond acceptors (Lipinski definition) is 5. The van der Waals surface area contributed by atoms with Gasteiger partial charge < -0.3 is 9.15 Å². The smallest absolute Gasteiger partial charge is 0.360 e. The lowest BCUT2D eigenvalue weighted by Crippen LogP contribution is -2.08. The summed E-state index contributed by atoms with van der Waals surface area (Å²) in [4.78, 5) is 16.4. The summed E-state index contributed by atoms with van der Waals surface area (Å²) in [6, 6.07) is 14.9. The van der Waals surface area contributed by atoms with E-state index in [4.69, 9.17) is 14.4 Å². The van der Waals surface area contributed by atoms with Gasteiger partial charge in [0.15, 0.2) is 5.69 Å². The molecular formula is C19H13FN2O3. The molecule has 0 fully saturated rings. The van der Waals surface area contributed by atoms with Crippen LogP contribution >= 0.6 is 0 Å². The number of nitriles is 1. The lowest BCUT2D eigenvalue weighted by molar-refractivity contribution is 0.0460. The number of esters is 1. The lowest BCUT2D eigenvalue weighted by atomic mass is 10.1. The SMILES string of the molecule is Cc1oc(-c2ccccc2)nc1C(=O)OCc1cc(C#N)ccc1F. The summed E-state index contributed by atoms with van der Waals surface area (Å²) in [5.41, 5.74) is 1.18. The van der Waals surface area contributed by atoms with Crippen molar-refractivity contribution in [3.8, 4) is 17.5 Å². The van der Waals surface area contributed by atoms with Gasteiger partial charge in [0.1, 0.15) is 18.2 Å². The first-order valence-corrected chi connectivity index (χ1v) is 7.47. The van der Waals surface area contributed by atoms with E-state index in [9.17, 15) is 9.18 Å². The molecule has 0 N–H and O–H groups in total. The molecular weight excluding hydrogens is 323 g/mol. The third kappa shape index (κ3) is 3.56. The highest BCUT2D eigenvalue weighted by molar-refractivity contribution is 5.88. The van der Waals surface area contributed by atoms with Gasteiger partial charge >= 0.3 is 5.97 Å². The molecule has 0 spiro atoms. The number of carbonyl (C=O) groups is 1. The number of hydrogen-bond donors (Lipinski definition) is 0. The number of oxazole rings is 1. The van der Waals surface area contributed by atoms with Crippen LogP contribution in [0.4, 0.5) is 4.39 Å². The van der Waals surface area contributed by atoms with E-state index in [-0.39, 0.29) is 23.4 Å². The molecule has 0 aliphatic carbocycles. The van der Waals surface area contributed by atoms with Gasteiger partial charge in [-0.1, -0.05) is 18.2 Å². The molecule has 0 saturated carbocycles. The Balaban J connectivity index is 1.76. The first-order valence-electron chi connectivity index (χ1n) is 7.47. The zero-order chi connectivity index (χ0) is 17.8. The largest absolute Gasteiger partial charge is 0.456 e. The monoisotopic (exact) mass is 336 g/mol. The summed E-state index contributed by atoms with van der Waals surface area (Å²) in [6.45, 7) is 1.31. The van der Waals surface area contributed by atoms with E-state index in [1.54, 1.807) is 6.92 Å². The number of aromatic nitrogens is 1. The van der Waals surface area contributed by atoms with Crippen LogP contribution < -0.4 is 0 Å². The number of nitrogens with zero attached hydrogens (tertiary/aromatic N) is 2. The fraction of sp³-hybridized carbons (Fsp3) is 0.105. The van der Waals surface area contributed by atoms with Gasteiger partial charge in [-0.2, -0.15) is 5.26 Å². The van der Waals surface area contributed by atoms with Crippen molar-refractivity contribution in [1.29, 1.82) is 5.26 Å². The predicted molar refractivity (Wildman–Crippen MR) is 86.9 cm³/mol. The summed E-state index contributed by atoms with van der Waals surface area (Å²) >= 11 is 0. The Labute approximate surface area is 143 Å². The third-order valence-electron chi connectivity index (χ3n) is 3.54. The summed E-state index contributed by atoms with van der Waals surface area (Å²) in [7, 11) is 0. The number of rotatable bonds is 4. The lowest BCUT2D eigenvalue weighted by Gasteiger charge is -2.05. The predicted octanol–water partition coefficient (Wildman–Crippen LogP) is 4.02. The summed E-state index contributed by atoms with van der Waals surface area (Å²) in [5.74, 6) is -0.642. The van der Waals surface area contributed by atoms with Crippen LogP contribution in [0.5, 0.6) is 0 Å². The standard InChI is InChI=1S/C19H13FN2O3/c1-12-17(22-18(25-12)14-5-3-2-4-6-14)19(23)24-11-15-9-13(10-21)7-8-16(15)20/h2-9H,11H2,1H3. The van der Waals surface area contributed by atoms with Crippen molar-refractivity contribution >= 4 is 5.97 Å². The van der Waals surface area contributed by atoms with Crippen LogP contribution in [0.2, 0.25) is 0 Å². The van der Waals surface area contributed by atoms with Crippen LogP contribution in [-0.2, 0) is 11.3 Å². The Morgan fingerprint density at radius 2 is 2.04 bits per heavy atom. The number of carbonyl (C=O) groups excluding carboxylic acids is 1. The second-order valence-corrected chi connectivity index (χ2v) is 5.28. The van der Waals surface area contributed by atoms with Crippen LogP contribution in [0.1, 0.15) is 27.4 Å². The normalized spacial score (nSPS) is 10.3. The van der Waals surface area contributed by atoms with Gasteiger partial charge in [-0.25, -0.2) is 14.2 Å². The molecule has 6 heteroatoms. The Kier molecular flexibility index (Phi) is 4.57. The zero-order valence-corrected chi connectivity index (χ0v) is 13.3. The van der Waals surface area contributed by atoms with Crippen molar-refractivity contribution in [2.75, 3.05) is 0 Å². The van der Waals surface area contributed by atoms with Gasteiger partial charge in [-0.15, -0.1) is 0 Å². The van der Waals surface area contributed by atoms with Crippen molar-refractivity contribution in [2.45, 2.75) is 13.5 Å². The van der Waals surface area contributed by atoms with Gasteiger partial charge in [-0.05, 0) is 37.3 Å². The van der Waals surface area contributed by atoms with E-state index in [0.717, 1.165) is 11.6 Å². The molecule has 5 nitrogen and oxygen atoms in total. The van der Waals surface area contributed by atoms with Gasteiger partial charge in [0, 0.05) is 11.1 Å². The van der Waals surface area contributed by atoms with Crippen molar-refractivity contribution in [1.82, 2.24) is 4.98 Å². The molecule has 0 aliphatic heterocycles. The molecule has 3 aromatic rings. The van der Waals surface area contributed by atoms with Gasteiger partial charge in [0.25, 0.3) is 0 Å². The van der Waals surface area contributed by atoms with Crippen LogP contribution in [-0.4, -0.2) is 11.0 Å². The fourth-order valence-electron chi connectivity index (χ4n) is 2.26. The Bertz CT molecular complexity index is 959. The van der Waals surface area contributed by atoms with Crippen molar-refractivity contribution < 1.29 is 18.3 Å². The first-order chi connectivity index (χ1) is 12.1. The summed E-state index contributed by atoms with van der Waals surface area (Å²) in [5, 5.41) is 8.85. The molecule has 0 radical (unpaired) electrons. The third-order valence-corrected chi connectivity index (χ3v) is 3.54. The van der Waals surface area contributed by atoms with Gasteiger partial charge in [0.2, 0.25) is 5.89 Å². The molecule has 0 unspecified atom stereocenters. The minimum absolute atomic E-state index is 0.0377. The molecule has 0 bridgehead atoms. The quantitative estimate of drug-likeness (QED) is 0.673. The maximum atomic E-state index is 13.7. The van der Waals surface area contributed by atoms with Crippen LogP contribution in [0.3, 0.4) is 0 Å². The van der Waals surface area contributed by atoms with Gasteiger partial charge in [-0.3, -0.25) is 0 Å². The number of ether oxygens (including phenoxy) is 1. The Hall–Kier alpha value is -3.46. The molecule has 0 amide bonds. The molecule has 25 heavy (non-hydrogen) atoms. The highest BCUT2D eigenvalue weighted by Gasteiger charge is 2.20. The number of aryl methyl sites for hydroxylation is 1. The van der Waals surface area contributed by atoms with Crippen LogP contribution in [0, 0.1) is 24.1 Å². The zero-order valence-electron chi connectivity index (χ0n) is 13.3. The van der Waals surface area contributed by atoms with E-state index in [1.807, 2.05) is 36.4 Å². The maximum absolute atomic E-state index is 13.7. The van der Waals surface area contributed by atoms with Crippen molar-refractivity contribution in [3.63, 3.8) is 0 Å². The van der Waals surface area contributed by atoms with E-state index in [2.05, 4.69) is 4.98 Å². The Morgan fingerprint density at radius 3 is 2.76 bits per heavy atom. The number of halogens is 1. The molecule has 0 atom stereocenters. The molecule has 2 aromatic carbocycles. The van der Waals surface area contributed by atoms with Crippen molar-refractivity contribution in [3.05, 3.63) is 76.9 Å². The summed E-state index contributed by atoms with van der Waals surface area (Å²) < 4.78 is 24.3. The molecule has 1 heterocycles. The van der Waals surface area contributed by atoms with E-state index < -0.39 is 11.8 Å². The van der Waals surface area contributed by atoms with Gasteiger partial charge in [0.05, 0.1) is 11.6 Å². The van der Waals surface area contributed by atoms with E-state index in [0.29, 0.717) is 11.7 Å².